The van der Waals surface area contributed by atoms with Crippen LogP contribution in [0.5, 0.6) is 0 Å². The van der Waals surface area contributed by atoms with Crippen molar-refractivity contribution < 1.29 is 14.3 Å². The summed E-state index contributed by atoms with van der Waals surface area (Å²) < 4.78 is 5.43. The molecule has 2 aliphatic rings. The first-order chi connectivity index (χ1) is 11.1. The number of likely N-dealkylation sites (tertiary alicyclic amines) is 1. The van der Waals surface area contributed by atoms with Crippen molar-refractivity contribution in [3.8, 4) is 0 Å². The maximum absolute atomic E-state index is 12.3. The molecule has 1 fully saturated rings. The summed E-state index contributed by atoms with van der Waals surface area (Å²) in [5.41, 5.74) is 3.16. The van der Waals surface area contributed by atoms with Crippen molar-refractivity contribution in [1.29, 1.82) is 0 Å². The van der Waals surface area contributed by atoms with Gasteiger partial charge in [0.1, 0.15) is 6.61 Å². The van der Waals surface area contributed by atoms with Crippen molar-refractivity contribution in [3.05, 3.63) is 47.0 Å². The lowest BCUT2D eigenvalue weighted by molar-refractivity contribution is -0.117. The topological polar surface area (TPSA) is 46.6 Å². The highest BCUT2D eigenvalue weighted by molar-refractivity contribution is 5.96. The molecule has 4 nitrogen and oxygen atoms in total. The van der Waals surface area contributed by atoms with Gasteiger partial charge in [0, 0.05) is 25.4 Å². The number of amides is 1. The molecule has 122 valence electrons. The summed E-state index contributed by atoms with van der Waals surface area (Å²) in [6, 6.07) is 9.71. The molecule has 0 spiro atoms. The molecular formula is C19H23NO3. The Kier molecular flexibility index (Phi) is 4.51. The minimum Gasteiger partial charge on any atom is -0.445 e. The van der Waals surface area contributed by atoms with Gasteiger partial charge < -0.3 is 9.64 Å². The lowest BCUT2D eigenvalue weighted by Crippen LogP contribution is -2.45. The van der Waals surface area contributed by atoms with Crippen LogP contribution in [0.15, 0.2) is 41.5 Å². The van der Waals surface area contributed by atoms with E-state index in [9.17, 15) is 9.59 Å². The van der Waals surface area contributed by atoms with E-state index < -0.39 is 0 Å². The Hall–Kier alpha value is -2.10. The average molecular weight is 313 g/mol. The molecule has 1 aromatic rings. The standard InChI is InChI=1S/C19H23NO3/c1-13-10-18(21)14(2)16-8-9-20(11-17(13)16)19(22)23-12-15-6-4-3-5-7-15/h3-7,13,17H,8-12H2,1-2H3. The van der Waals surface area contributed by atoms with Gasteiger partial charge in [-0.3, -0.25) is 4.79 Å². The van der Waals surface area contributed by atoms with Crippen molar-refractivity contribution in [2.24, 2.45) is 11.8 Å². The zero-order valence-electron chi connectivity index (χ0n) is 13.7. The third kappa shape index (κ3) is 3.31. The van der Waals surface area contributed by atoms with Gasteiger partial charge in [-0.25, -0.2) is 4.79 Å². The summed E-state index contributed by atoms with van der Waals surface area (Å²) in [5.74, 6) is 0.862. The largest absolute Gasteiger partial charge is 0.445 e. The van der Waals surface area contributed by atoms with E-state index in [0.29, 0.717) is 38.0 Å². The number of carbonyl (C=O) groups is 2. The third-order valence-electron chi connectivity index (χ3n) is 5.07. The van der Waals surface area contributed by atoms with Crippen molar-refractivity contribution in [1.82, 2.24) is 4.90 Å². The second-order valence-corrected chi connectivity index (χ2v) is 6.60. The molecule has 1 aliphatic carbocycles. The molecule has 0 aromatic heterocycles. The summed E-state index contributed by atoms with van der Waals surface area (Å²) in [7, 11) is 0. The number of Topliss-reactive ketones (excluding diaryl/α,β-unsaturated/α-hetero) is 1. The van der Waals surface area contributed by atoms with Crippen molar-refractivity contribution >= 4 is 11.9 Å². The number of rotatable bonds is 2. The van der Waals surface area contributed by atoms with Crippen LogP contribution in [0.1, 0.15) is 32.3 Å². The predicted molar refractivity (Wildman–Crippen MR) is 87.8 cm³/mol. The number of hydrogen-bond donors (Lipinski definition) is 0. The number of nitrogens with zero attached hydrogens (tertiary/aromatic N) is 1. The van der Waals surface area contributed by atoms with E-state index in [1.165, 1.54) is 5.57 Å². The molecule has 3 rings (SSSR count). The van der Waals surface area contributed by atoms with Gasteiger partial charge in [0.2, 0.25) is 0 Å². The van der Waals surface area contributed by atoms with E-state index in [1.807, 2.05) is 37.3 Å². The number of ether oxygens (including phenoxy) is 1. The second-order valence-electron chi connectivity index (χ2n) is 6.60. The van der Waals surface area contributed by atoms with Gasteiger partial charge in [-0.2, -0.15) is 0 Å². The molecular weight excluding hydrogens is 290 g/mol. The molecule has 1 aromatic carbocycles. The number of allylic oxidation sites excluding steroid dienone is 1. The fourth-order valence-corrected chi connectivity index (χ4v) is 3.61. The van der Waals surface area contributed by atoms with Crippen LogP contribution in [0.3, 0.4) is 0 Å². The van der Waals surface area contributed by atoms with Crippen molar-refractivity contribution in [2.75, 3.05) is 13.1 Å². The first kappa shape index (κ1) is 15.8. The van der Waals surface area contributed by atoms with Gasteiger partial charge in [-0.15, -0.1) is 0 Å². The first-order valence-corrected chi connectivity index (χ1v) is 8.24. The van der Waals surface area contributed by atoms with Gasteiger partial charge in [-0.05, 0) is 30.4 Å². The maximum Gasteiger partial charge on any atom is 0.410 e. The summed E-state index contributed by atoms with van der Waals surface area (Å²) in [6.07, 6.45) is 1.12. The van der Waals surface area contributed by atoms with E-state index in [-0.39, 0.29) is 11.9 Å². The van der Waals surface area contributed by atoms with E-state index >= 15 is 0 Å². The molecule has 23 heavy (non-hydrogen) atoms. The smallest absolute Gasteiger partial charge is 0.410 e. The average Bonchev–Trinajstić information content (AvgIpc) is 2.58. The highest BCUT2D eigenvalue weighted by Crippen LogP contribution is 2.38. The molecule has 4 heteroatoms. The normalized spacial score (nSPS) is 24.4. The van der Waals surface area contributed by atoms with Gasteiger partial charge in [0.05, 0.1) is 0 Å². The highest BCUT2D eigenvalue weighted by Gasteiger charge is 2.37. The number of benzene rings is 1. The predicted octanol–water partition coefficient (Wildman–Crippen LogP) is 3.57. The maximum atomic E-state index is 12.3. The first-order valence-electron chi connectivity index (χ1n) is 8.24. The van der Waals surface area contributed by atoms with E-state index in [1.54, 1.807) is 4.90 Å². The molecule has 1 saturated heterocycles. The van der Waals surface area contributed by atoms with Crippen molar-refractivity contribution in [2.45, 2.75) is 33.3 Å². The number of carbonyl (C=O) groups excluding carboxylic acids is 2. The Bertz CT molecular complexity index is 635. The van der Waals surface area contributed by atoms with Crippen LogP contribution >= 0.6 is 0 Å². The molecule has 1 amide bonds. The fourth-order valence-electron chi connectivity index (χ4n) is 3.61. The van der Waals surface area contributed by atoms with Crippen molar-refractivity contribution in [3.63, 3.8) is 0 Å². The molecule has 0 bridgehead atoms. The van der Waals surface area contributed by atoms with Crippen LogP contribution < -0.4 is 0 Å². The SMILES string of the molecule is CC1=C2CCN(C(=O)OCc3ccccc3)CC2C(C)CC1=O. The summed E-state index contributed by atoms with van der Waals surface area (Å²) in [6.45, 7) is 5.63. The molecule has 1 aliphatic heterocycles. The number of fused-ring (bicyclic) bond motifs is 1. The van der Waals surface area contributed by atoms with Crippen LogP contribution in [-0.2, 0) is 16.1 Å². The summed E-state index contributed by atoms with van der Waals surface area (Å²) in [4.78, 5) is 26.1. The zero-order valence-corrected chi connectivity index (χ0v) is 13.7. The van der Waals surface area contributed by atoms with E-state index in [0.717, 1.165) is 17.6 Å². The number of piperidine rings is 1. The van der Waals surface area contributed by atoms with Gasteiger partial charge in [0.25, 0.3) is 0 Å². The van der Waals surface area contributed by atoms with Gasteiger partial charge >= 0.3 is 6.09 Å². The number of hydrogen-bond acceptors (Lipinski definition) is 3. The van der Waals surface area contributed by atoms with Crippen LogP contribution in [0.2, 0.25) is 0 Å². The van der Waals surface area contributed by atoms with Gasteiger partial charge in [-0.1, -0.05) is 42.8 Å². The Morgan fingerprint density at radius 1 is 1.30 bits per heavy atom. The zero-order chi connectivity index (χ0) is 16.4. The highest BCUT2D eigenvalue weighted by atomic mass is 16.6. The van der Waals surface area contributed by atoms with Crippen LogP contribution in [0.4, 0.5) is 4.79 Å². The lowest BCUT2D eigenvalue weighted by Gasteiger charge is -2.40. The number of ketones is 1. The molecule has 1 heterocycles. The van der Waals surface area contributed by atoms with E-state index in [2.05, 4.69) is 6.92 Å². The summed E-state index contributed by atoms with van der Waals surface area (Å²) >= 11 is 0. The van der Waals surface area contributed by atoms with Crippen LogP contribution in [0, 0.1) is 11.8 Å². The van der Waals surface area contributed by atoms with Crippen LogP contribution in [-0.4, -0.2) is 29.9 Å². The molecule has 2 atom stereocenters. The monoisotopic (exact) mass is 313 g/mol. The molecule has 0 saturated carbocycles. The third-order valence-corrected chi connectivity index (χ3v) is 5.07. The van der Waals surface area contributed by atoms with Gasteiger partial charge in [0.15, 0.2) is 5.78 Å². The molecule has 0 radical (unpaired) electrons. The second kappa shape index (κ2) is 6.57. The van der Waals surface area contributed by atoms with E-state index in [4.69, 9.17) is 4.74 Å². The lowest BCUT2D eigenvalue weighted by atomic mass is 9.72. The Morgan fingerprint density at radius 3 is 2.78 bits per heavy atom. The minimum absolute atomic E-state index is 0.255. The minimum atomic E-state index is -0.255. The Balaban J connectivity index is 1.62. The molecule has 2 unspecified atom stereocenters. The fraction of sp³-hybridized carbons (Fsp3) is 0.474. The Labute approximate surface area is 137 Å². The van der Waals surface area contributed by atoms with Crippen LogP contribution in [0.25, 0.3) is 0 Å². The molecule has 0 N–H and O–H groups in total. The summed E-state index contributed by atoms with van der Waals surface area (Å²) in [5, 5.41) is 0. The quantitative estimate of drug-likeness (QED) is 0.838. The Morgan fingerprint density at radius 2 is 2.04 bits per heavy atom.